The molecule has 0 bridgehead atoms. The standard InChI is InChI=1S/C19H19NO4/c1-14(16-10-6-3-7-11-16)20(13-15-8-4-2-5-9-15)18(22)12-17(21)19(23)24/h2-12,14,21H,13H2,1H3,(H,23,24)/b17-12-. The van der Waals surface area contributed by atoms with E-state index in [0.717, 1.165) is 17.2 Å². The quantitative estimate of drug-likeness (QED) is 0.631. The van der Waals surface area contributed by atoms with Crippen molar-refractivity contribution >= 4 is 11.9 Å². The van der Waals surface area contributed by atoms with Crippen LogP contribution in [0.3, 0.4) is 0 Å². The van der Waals surface area contributed by atoms with Crippen molar-refractivity contribution in [2.24, 2.45) is 0 Å². The number of benzene rings is 2. The molecule has 0 spiro atoms. The average Bonchev–Trinajstić information content (AvgIpc) is 2.60. The number of aliphatic carboxylic acids is 1. The number of carboxylic acids is 1. The lowest BCUT2D eigenvalue weighted by atomic mass is 10.1. The van der Waals surface area contributed by atoms with Crippen molar-refractivity contribution in [3.05, 3.63) is 83.6 Å². The van der Waals surface area contributed by atoms with Crippen LogP contribution in [0.5, 0.6) is 0 Å². The largest absolute Gasteiger partial charge is 0.502 e. The summed E-state index contributed by atoms with van der Waals surface area (Å²) in [6.07, 6.45) is 0.741. The maximum Gasteiger partial charge on any atom is 0.371 e. The summed E-state index contributed by atoms with van der Waals surface area (Å²) >= 11 is 0. The van der Waals surface area contributed by atoms with Gasteiger partial charge in [0.2, 0.25) is 5.76 Å². The van der Waals surface area contributed by atoms with Crippen LogP contribution in [0.1, 0.15) is 24.1 Å². The van der Waals surface area contributed by atoms with Crippen molar-refractivity contribution in [1.29, 1.82) is 0 Å². The number of aliphatic hydroxyl groups excluding tert-OH is 1. The van der Waals surface area contributed by atoms with Gasteiger partial charge in [0, 0.05) is 6.54 Å². The molecule has 24 heavy (non-hydrogen) atoms. The Morgan fingerprint density at radius 1 is 1.00 bits per heavy atom. The van der Waals surface area contributed by atoms with Crippen molar-refractivity contribution < 1.29 is 19.8 Å². The van der Waals surface area contributed by atoms with E-state index >= 15 is 0 Å². The highest BCUT2D eigenvalue weighted by Gasteiger charge is 2.22. The third kappa shape index (κ3) is 4.46. The molecule has 0 aliphatic heterocycles. The molecule has 1 amide bonds. The van der Waals surface area contributed by atoms with E-state index in [1.165, 1.54) is 4.90 Å². The summed E-state index contributed by atoms with van der Waals surface area (Å²) in [7, 11) is 0. The number of rotatable bonds is 6. The van der Waals surface area contributed by atoms with Crippen LogP contribution in [-0.2, 0) is 16.1 Å². The first-order chi connectivity index (χ1) is 11.5. The monoisotopic (exact) mass is 325 g/mol. The van der Waals surface area contributed by atoms with E-state index in [9.17, 15) is 14.7 Å². The Morgan fingerprint density at radius 3 is 2.08 bits per heavy atom. The number of hydrogen-bond acceptors (Lipinski definition) is 3. The SMILES string of the molecule is CC(c1ccccc1)N(Cc1ccccc1)C(=O)/C=C(\O)C(=O)O. The number of aliphatic hydroxyl groups is 1. The molecule has 0 radical (unpaired) electrons. The van der Waals surface area contributed by atoms with E-state index in [1.807, 2.05) is 67.6 Å². The first kappa shape index (κ1) is 17.3. The number of carbonyl (C=O) groups excluding carboxylic acids is 1. The second kappa shape index (κ2) is 7.97. The van der Waals surface area contributed by atoms with E-state index in [0.29, 0.717) is 6.54 Å². The summed E-state index contributed by atoms with van der Waals surface area (Å²) in [5, 5.41) is 18.1. The molecule has 2 N–H and O–H groups in total. The molecule has 0 fully saturated rings. The number of carbonyl (C=O) groups is 2. The van der Waals surface area contributed by atoms with E-state index in [1.54, 1.807) is 0 Å². The minimum absolute atomic E-state index is 0.281. The molecule has 1 atom stereocenters. The molecule has 2 aromatic carbocycles. The Hall–Kier alpha value is -3.08. The number of nitrogens with zero attached hydrogens (tertiary/aromatic N) is 1. The fraction of sp³-hybridized carbons (Fsp3) is 0.158. The van der Waals surface area contributed by atoms with Gasteiger partial charge in [-0.05, 0) is 18.1 Å². The van der Waals surface area contributed by atoms with Crippen LogP contribution in [-0.4, -0.2) is 27.0 Å². The maximum absolute atomic E-state index is 12.5. The molecule has 5 nitrogen and oxygen atoms in total. The average molecular weight is 325 g/mol. The van der Waals surface area contributed by atoms with Gasteiger partial charge in [-0.25, -0.2) is 4.79 Å². The third-order valence-corrected chi connectivity index (χ3v) is 3.71. The molecule has 2 aromatic rings. The molecule has 0 heterocycles. The zero-order chi connectivity index (χ0) is 17.5. The first-order valence-electron chi connectivity index (χ1n) is 7.52. The third-order valence-electron chi connectivity index (χ3n) is 3.71. The molecule has 0 aliphatic carbocycles. The Morgan fingerprint density at radius 2 is 1.54 bits per heavy atom. The fourth-order valence-electron chi connectivity index (χ4n) is 2.36. The molecule has 0 saturated heterocycles. The Labute approximate surface area is 140 Å². The Kier molecular flexibility index (Phi) is 5.73. The molecule has 5 heteroatoms. The van der Waals surface area contributed by atoms with E-state index in [2.05, 4.69) is 0 Å². The first-order valence-corrected chi connectivity index (χ1v) is 7.52. The minimum Gasteiger partial charge on any atom is -0.502 e. The smallest absolute Gasteiger partial charge is 0.371 e. The topological polar surface area (TPSA) is 77.8 Å². The van der Waals surface area contributed by atoms with Crippen molar-refractivity contribution in [3.8, 4) is 0 Å². The predicted octanol–water partition coefficient (Wildman–Crippen LogP) is 3.30. The minimum atomic E-state index is -1.53. The summed E-state index contributed by atoms with van der Waals surface area (Å²) in [5.41, 5.74) is 1.84. The van der Waals surface area contributed by atoms with E-state index in [4.69, 9.17) is 5.11 Å². The van der Waals surface area contributed by atoms with Gasteiger partial charge in [0.25, 0.3) is 5.91 Å². The van der Waals surface area contributed by atoms with Gasteiger partial charge in [-0.3, -0.25) is 4.79 Å². The molecule has 0 saturated carbocycles. The lowest BCUT2D eigenvalue weighted by Gasteiger charge is -2.29. The molecular weight excluding hydrogens is 306 g/mol. The van der Waals surface area contributed by atoms with Gasteiger partial charge in [-0.15, -0.1) is 0 Å². The predicted molar refractivity (Wildman–Crippen MR) is 90.2 cm³/mol. The maximum atomic E-state index is 12.5. The summed E-state index contributed by atoms with van der Waals surface area (Å²) in [5.74, 6) is -3.07. The van der Waals surface area contributed by atoms with Crippen molar-refractivity contribution in [3.63, 3.8) is 0 Å². The van der Waals surface area contributed by atoms with Gasteiger partial charge in [0.05, 0.1) is 12.1 Å². The second-order valence-corrected chi connectivity index (χ2v) is 5.37. The number of hydrogen-bond donors (Lipinski definition) is 2. The molecule has 124 valence electrons. The van der Waals surface area contributed by atoms with Crippen molar-refractivity contribution in [1.82, 2.24) is 4.90 Å². The van der Waals surface area contributed by atoms with Crippen LogP contribution in [0.2, 0.25) is 0 Å². The molecular formula is C19H19NO4. The zero-order valence-corrected chi connectivity index (χ0v) is 13.3. The number of carboxylic acid groups (broad SMARTS) is 1. The Bertz CT molecular complexity index is 726. The van der Waals surface area contributed by atoms with Gasteiger partial charge in [-0.2, -0.15) is 0 Å². The lowest BCUT2D eigenvalue weighted by Crippen LogP contribution is -2.32. The van der Waals surface area contributed by atoms with E-state index < -0.39 is 17.6 Å². The van der Waals surface area contributed by atoms with Crippen LogP contribution in [0.4, 0.5) is 0 Å². The molecule has 1 unspecified atom stereocenters. The summed E-state index contributed by atoms with van der Waals surface area (Å²) in [6, 6.07) is 18.6. The Balaban J connectivity index is 2.32. The van der Waals surface area contributed by atoms with Gasteiger partial charge in [-0.1, -0.05) is 60.7 Å². The van der Waals surface area contributed by atoms with Crippen LogP contribution in [0, 0.1) is 0 Å². The van der Waals surface area contributed by atoms with Gasteiger partial charge in [0.15, 0.2) is 0 Å². The summed E-state index contributed by atoms with van der Waals surface area (Å²) < 4.78 is 0. The highest BCUT2D eigenvalue weighted by Crippen LogP contribution is 2.23. The van der Waals surface area contributed by atoms with E-state index in [-0.39, 0.29) is 6.04 Å². The van der Waals surface area contributed by atoms with Gasteiger partial charge < -0.3 is 15.1 Å². The lowest BCUT2D eigenvalue weighted by molar-refractivity contribution is -0.136. The van der Waals surface area contributed by atoms with Gasteiger partial charge in [0.1, 0.15) is 0 Å². The highest BCUT2D eigenvalue weighted by molar-refractivity contribution is 5.96. The van der Waals surface area contributed by atoms with Gasteiger partial charge >= 0.3 is 5.97 Å². The van der Waals surface area contributed by atoms with Crippen LogP contribution < -0.4 is 0 Å². The molecule has 2 rings (SSSR count). The van der Waals surface area contributed by atoms with Crippen molar-refractivity contribution in [2.75, 3.05) is 0 Å². The summed E-state index contributed by atoms with van der Waals surface area (Å²) in [6.45, 7) is 2.17. The fourth-order valence-corrected chi connectivity index (χ4v) is 2.36. The normalized spacial score (nSPS) is 12.5. The second-order valence-electron chi connectivity index (χ2n) is 5.37. The molecule has 0 aromatic heterocycles. The van der Waals surface area contributed by atoms with Crippen LogP contribution in [0.25, 0.3) is 0 Å². The van der Waals surface area contributed by atoms with Crippen molar-refractivity contribution in [2.45, 2.75) is 19.5 Å². The van der Waals surface area contributed by atoms with Crippen LogP contribution in [0.15, 0.2) is 72.5 Å². The highest BCUT2D eigenvalue weighted by atomic mass is 16.4. The zero-order valence-electron chi connectivity index (χ0n) is 13.3. The number of amides is 1. The molecule has 0 aliphatic rings. The summed E-state index contributed by atoms with van der Waals surface area (Å²) in [4.78, 5) is 24.8. The van der Waals surface area contributed by atoms with Crippen LogP contribution >= 0.6 is 0 Å².